The predicted molar refractivity (Wildman–Crippen MR) is 59.5 cm³/mol. The Kier molecular flexibility index (Phi) is 3.30. The summed E-state index contributed by atoms with van der Waals surface area (Å²) in [5.74, 6) is 1.01. The number of nitrogens with one attached hydrogen (secondary N) is 1. The molecule has 0 radical (unpaired) electrons. The van der Waals surface area contributed by atoms with Crippen LogP contribution in [0.25, 0.3) is 0 Å². The summed E-state index contributed by atoms with van der Waals surface area (Å²) in [6, 6.07) is 0. The molecule has 2 fully saturated rings. The van der Waals surface area contributed by atoms with Gasteiger partial charge in [0.25, 0.3) is 0 Å². The minimum Gasteiger partial charge on any atom is -0.370 e. The fraction of sp³-hybridized carbons (Fsp3) is 0.909. The van der Waals surface area contributed by atoms with Gasteiger partial charge in [0, 0.05) is 6.54 Å². The monoisotopic (exact) mass is 231 g/mol. The molecule has 5 heteroatoms. The molecule has 0 bridgehead atoms. The van der Waals surface area contributed by atoms with Gasteiger partial charge < -0.3 is 11.1 Å². The number of nitrogens with zero attached hydrogens (tertiary/aromatic N) is 1. The van der Waals surface area contributed by atoms with Crippen LogP contribution >= 0.6 is 0 Å². The molecule has 3 nitrogen and oxygen atoms in total. The highest BCUT2D eigenvalue weighted by molar-refractivity contribution is 5.77. The van der Waals surface area contributed by atoms with Crippen molar-refractivity contribution in [2.24, 2.45) is 22.1 Å². The van der Waals surface area contributed by atoms with Crippen molar-refractivity contribution in [1.82, 2.24) is 5.32 Å². The van der Waals surface area contributed by atoms with Gasteiger partial charge in [-0.3, -0.25) is 4.99 Å². The highest BCUT2D eigenvalue weighted by atomic mass is 19.3. The molecule has 0 heterocycles. The molecule has 0 amide bonds. The van der Waals surface area contributed by atoms with Gasteiger partial charge in [-0.15, -0.1) is 0 Å². The maximum Gasteiger partial charge on any atom is 0.245 e. The van der Waals surface area contributed by atoms with E-state index in [2.05, 4.69) is 10.3 Å². The second-order valence-electron chi connectivity index (χ2n) is 5.04. The smallest absolute Gasteiger partial charge is 0.245 e. The molecular formula is C11H19F2N3. The van der Waals surface area contributed by atoms with Gasteiger partial charge in [-0.1, -0.05) is 6.42 Å². The highest BCUT2D eigenvalue weighted by Gasteiger charge is 2.50. The highest BCUT2D eigenvalue weighted by Crippen LogP contribution is 2.50. The van der Waals surface area contributed by atoms with Crippen LogP contribution in [0.2, 0.25) is 0 Å². The van der Waals surface area contributed by atoms with E-state index in [0.29, 0.717) is 24.7 Å². The summed E-state index contributed by atoms with van der Waals surface area (Å²) in [5.41, 5.74) is 4.77. The van der Waals surface area contributed by atoms with E-state index < -0.39 is 11.8 Å². The van der Waals surface area contributed by atoms with Crippen molar-refractivity contribution in [3.8, 4) is 0 Å². The molecule has 16 heavy (non-hydrogen) atoms. The molecule has 0 aliphatic heterocycles. The first kappa shape index (κ1) is 11.6. The van der Waals surface area contributed by atoms with Crippen molar-refractivity contribution in [3.63, 3.8) is 0 Å². The van der Waals surface area contributed by atoms with E-state index in [1.54, 1.807) is 0 Å². The van der Waals surface area contributed by atoms with Crippen molar-refractivity contribution in [3.05, 3.63) is 0 Å². The van der Waals surface area contributed by atoms with Gasteiger partial charge in [0.2, 0.25) is 6.43 Å². The first-order valence-electron chi connectivity index (χ1n) is 5.94. The quantitative estimate of drug-likeness (QED) is 0.559. The van der Waals surface area contributed by atoms with Crippen molar-refractivity contribution in [2.75, 3.05) is 13.1 Å². The molecule has 0 unspecified atom stereocenters. The van der Waals surface area contributed by atoms with Crippen LogP contribution in [0, 0.1) is 11.3 Å². The topological polar surface area (TPSA) is 50.4 Å². The zero-order valence-electron chi connectivity index (χ0n) is 9.38. The number of halogens is 2. The number of hydrogen-bond acceptors (Lipinski definition) is 1. The molecule has 0 spiro atoms. The Balaban J connectivity index is 1.69. The molecule has 2 saturated carbocycles. The Labute approximate surface area is 94.5 Å². The van der Waals surface area contributed by atoms with Crippen LogP contribution < -0.4 is 11.1 Å². The lowest BCUT2D eigenvalue weighted by Crippen LogP contribution is -2.37. The average Bonchev–Trinajstić information content (AvgIpc) is 2.93. The van der Waals surface area contributed by atoms with Gasteiger partial charge in [0.15, 0.2) is 5.96 Å². The Hall–Kier alpha value is -0.870. The summed E-state index contributed by atoms with van der Waals surface area (Å²) in [7, 11) is 0. The Morgan fingerprint density at radius 3 is 2.56 bits per heavy atom. The van der Waals surface area contributed by atoms with Crippen molar-refractivity contribution in [2.45, 2.75) is 38.5 Å². The van der Waals surface area contributed by atoms with Gasteiger partial charge in [-0.05, 0) is 31.6 Å². The molecule has 2 aliphatic carbocycles. The van der Waals surface area contributed by atoms with Gasteiger partial charge >= 0.3 is 0 Å². The summed E-state index contributed by atoms with van der Waals surface area (Å²) in [6.07, 6.45) is 2.64. The Morgan fingerprint density at radius 1 is 1.44 bits per heavy atom. The van der Waals surface area contributed by atoms with Crippen molar-refractivity contribution in [1.29, 1.82) is 0 Å². The molecular weight excluding hydrogens is 212 g/mol. The van der Waals surface area contributed by atoms with Gasteiger partial charge in [0.05, 0.1) is 12.0 Å². The predicted octanol–water partition coefficient (Wildman–Crippen LogP) is 1.74. The molecule has 0 saturated heterocycles. The van der Waals surface area contributed by atoms with E-state index in [-0.39, 0.29) is 6.54 Å². The number of hydrogen-bond donors (Lipinski definition) is 2. The van der Waals surface area contributed by atoms with Crippen LogP contribution in [0.5, 0.6) is 0 Å². The van der Waals surface area contributed by atoms with E-state index in [9.17, 15) is 8.78 Å². The first-order valence-corrected chi connectivity index (χ1v) is 5.94. The first-order chi connectivity index (χ1) is 7.62. The van der Waals surface area contributed by atoms with Crippen molar-refractivity contribution >= 4 is 5.96 Å². The molecule has 0 atom stereocenters. The van der Waals surface area contributed by atoms with E-state index in [0.717, 1.165) is 6.54 Å². The van der Waals surface area contributed by atoms with Crippen LogP contribution in [0.15, 0.2) is 4.99 Å². The standard InChI is InChI=1S/C11H19F2N3/c12-9(13)11(4-5-11)7-16-10(14)15-6-8-2-1-3-8/h8-9H,1-7H2,(H3,14,15,16). The van der Waals surface area contributed by atoms with Gasteiger partial charge in [-0.25, -0.2) is 8.78 Å². The van der Waals surface area contributed by atoms with Crippen LogP contribution in [0.4, 0.5) is 8.78 Å². The third-order valence-corrected chi connectivity index (χ3v) is 3.72. The summed E-state index contributed by atoms with van der Waals surface area (Å²) in [6.45, 7) is 0.991. The van der Waals surface area contributed by atoms with Crippen LogP contribution in [-0.2, 0) is 0 Å². The normalized spacial score (nSPS) is 24.3. The zero-order chi connectivity index (χ0) is 11.6. The van der Waals surface area contributed by atoms with Crippen LogP contribution in [0.1, 0.15) is 32.1 Å². The summed E-state index contributed by atoms with van der Waals surface area (Å²) >= 11 is 0. The van der Waals surface area contributed by atoms with E-state index in [1.807, 2.05) is 0 Å². The number of guanidine groups is 1. The fourth-order valence-corrected chi connectivity index (χ4v) is 1.85. The molecule has 2 aliphatic rings. The molecule has 0 aromatic carbocycles. The number of alkyl halides is 2. The number of nitrogens with two attached hydrogens (primary N) is 1. The van der Waals surface area contributed by atoms with Crippen LogP contribution in [0.3, 0.4) is 0 Å². The largest absolute Gasteiger partial charge is 0.370 e. The molecule has 0 aromatic heterocycles. The number of aliphatic imine (C=N–C) groups is 1. The maximum atomic E-state index is 12.6. The Morgan fingerprint density at radius 2 is 2.12 bits per heavy atom. The molecule has 92 valence electrons. The molecule has 3 N–H and O–H groups in total. The third kappa shape index (κ3) is 2.62. The lowest BCUT2D eigenvalue weighted by molar-refractivity contribution is 0.0667. The Bertz CT molecular complexity index is 270. The SMILES string of the molecule is NC(=NCC1(C(F)F)CC1)NCC1CCC1. The van der Waals surface area contributed by atoms with E-state index in [4.69, 9.17) is 5.73 Å². The maximum absolute atomic E-state index is 12.6. The number of rotatable bonds is 5. The van der Waals surface area contributed by atoms with Gasteiger partial charge in [0.1, 0.15) is 0 Å². The zero-order valence-corrected chi connectivity index (χ0v) is 9.38. The third-order valence-electron chi connectivity index (χ3n) is 3.72. The van der Waals surface area contributed by atoms with Crippen LogP contribution in [-0.4, -0.2) is 25.5 Å². The average molecular weight is 231 g/mol. The van der Waals surface area contributed by atoms with Crippen molar-refractivity contribution < 1.29 is 8.78 Å². The minimum absolute atomic E-state index is 0.161. The summed E-state index contributed by atoms with van der Waals surface area (Å²) in [4.78, 5) is 4.01. The fourth-order valence-electron chi connectivity index (χ4n) is 1.85. The van der Waals surface area contributed by atoms with E-state index >= 15 is 0 Å². The van der Waals surface area contributed by atoms with E-state index in [1.165, 1.54) is 19.3 Å². The summed E-state index contributed by atoms with van der Waals surface area (Å²) in [5, 5.41) is 3.01. The molecule has 0 aromatic rings. The lowest BCUT2D eigenvalue weighted by Gasteiger charge is -2.25. The second-order valence-corrected chi connectivity index (χ2v) is 5.04. The minimum atomic E-state index is -2.27. The van der Waals surface area contributed by atoms with Gasteiger partial charge in [-0.2, -0.15) is 0 Å². The lowest BCUT2D eigenvalue weighted by atomic mass is 9.85. The molecule has 2 rings (SSSR count). The second kappa shape index (κ2) is 4.55. The summed E-state index contributed by atoms with van der Waals surface area (Å²) < 4.78 is 25.1.